The van der Waals surface area contributed by atoms with Crippen LogP contribution in [0, 0.1) is 5.92 Å². The lowest BCUT2D eigenvalue weighted by Gasteiger charge is -2.16. The van der Waals surface area contributed by atoms with E-state index in [1.165, 1.54) is 7.11 Å². The molecule has 0 fully saturated rings. The average Bonchev–Trinajstić information content (AvgIpc) is 1.99. The molecule has 1 unspecified atom stereocenters. The maximum Gasteiger partial charge on any atom is 0.308 e. The molecule has 2 N–H and O–H groups in total. The molecular formula is C7H15NO3. The number of nitrogens with two attached hydrogens (primary N) is 1. The van der Waals surface area contributed by atoms with Gasteiger partial charge in [-0.15, -0.1) is 0 Å². The van der Waals surface area contributed by atoms with Crippen LogP contribution < -0.4 is 5.90 Å². The first kappa shape index (κ1) is 10.4. The van der Waals surface area contributed by atoms with Crippen LogP contribution in [0.5, 0.6) is 0 Å². The molecule has 11 heavy (non-hydrogen) atoms. The zero-order valence-electron chi connectivity index (χ0n) is 7.16. The van der Waals surface area contributed by atoms with Crippen LogP contribution in [0.15, 0.2) is 0 Å². The number of esters is 1. The molecule has 0 aromatic heterocycles. The van der Waals surface area contributed by atoms with Crippen molar-refractivity contribution in [2.75, 3.05) is 7.11 Å². The Morgan fingerprint density at radius 3 is 2.36 bits per heavy atom. The van der Waals surface area contributed by atoms with Crippen molar-refractivity contribution in [1.82, 2.24) is 0 Å². The number of hydrogen-bond donors (Lipinski definition) is 1. The Morgan fingerprint density at radius 1 is 1.55 bits per heavy atom. The van der Waals surface area contributed by atoms with Gasteiger partial charge in [0, 0.05) is 0 Å². The first-order valence-electron chi connectivity index (χ1n) is 3.54. The first-order chi connectivity index (χ1) is 5.11. The predicted molar refractivity (Wildman–Crippen MR) is 40.5 cm³/mol. The molecule has 66 valence electrons. The fourth-order valence-corrected chi connectivity index (χ4v) is 0.689. The van der Waals surface area contributed by atoms with Crippen molar-refractivity contribution in [3.05, 3.63) is 0 Å². The van der Waals surface area contributed by atoms with Gasteiger partial charge in [0.2, 0.25) is 0 Å². The number of carbonyl (C=O) groups is 1. The Morgan fingerprint density at radius 2 is 2.09 bits per heavy atom. The van der Waals surface area contributed by atoms with Crippen molar-refractivity contribution in [3.63, 3.8) is 0 Å². The van der Waals surface area contributed by atoms with E-state index in [9.17, 15) is 4.79 Å². The molecular weight excluding hydrogens is 146 g/mol. The van der Waals surface area contributed by atoms with Crippen molar-refractivity contribution in [2.45, 2.75) is 26.4 Å². The minimum absolute atomic E-state index is 0.213. The summed E-state index contributed by atoms with van der Waals surface area (Å²) in [6.45, 7) is 3.86. The molecule has 4 nitrogen and oxygen atoms in total. The second-order valence-electron chi connectivity index (χ2n) is 2.70. The summed E-state index contributed by atoms with van der Waals surface area (Å²) in [6, 6.07) is 0. The van der Waals surface area contributed by atoms with E-state index in [1.54, 1.807) is 0 Å². The summed E-state index contributed by atoms with van der Waals surface area (Å²) in [4.78, 5) is 15.3. The van der Waals surface area contributed by atoms with E-state index in [0.717, 1.165) is 0 Å². The largest absolute Gasteiger partial charge is 0.469 e. The average molecular weight is 161 g/mol. The smallest absolute Gasteiger partial charge is 0.308 e. The fourth-order valence-electron chi connectivity index (χ4n) is 0.689. The summed E-state index contributed by atoms with van der Waals surface area (Å²) < 4.78 is 4.46. The summed E-state index contributed by atoms with van der Waals surface area (Å²) in [5, 5.41) is 0. The SMILES string of the molecule is COC(=O)CC(ON)C(C)C. The number of carbonyl (C=O) groups excluding carboxylic acids is 1. The summed E-state index contributed by atoms with van der Waals surface area (Å²) in [7, 11) is 1.34. The Hall–Kier alpha value is -0.610. The molecule has 0 amide bonds. The maximum absolute atomic E-state index is 10.7. The predicted octanol–water partition coefficient (Wildman–Crippen LogP) is 0.464. The number of ether oxygens (including phenoxy) is 1. The van der Waals surface area contributed by atoms with Crippen molar-refractivity contribution >= 4 is 5.97 Å². The molecule has 0 radical (unpaired) electrons. The summed E-state index contributed by atoms with van der Waals surface area (Å²) in [5.41, 5.74) is 0. The van der Waals surface area contributed by atoms with Gasteiger partial charge < -0.3 is 9.57 Å². The molecule has 4 heteroatoms. The third kappa shape index (κ3) is 3.95. The molecule has 0 saturated carbocycles. The van der Waals surface area contributed by atoms with Gasteiger partial charge in [0.05, 0.1) is 19.6 Å². The second-order valence-corrected chi connectivity index (χ2v) is 2.70. The molecule has 0 heterocycles. The molecule has 0 bridgehead atoms. The molecule has 0 rings (SSSR count). The molecule has 0 aromatic carbocycles. The Bertz CT molecular complexity index is 125. The highest BCUT2D eigenvalue weighted by molar-refractivity contribution is 5.69. The summed E-state index contributed by atoms with van der Waals surface area (Å²) in [6.07, 6.45) is -0.0348. The van der Waals surface area contributed by atoms with Crippen LogP contribution in [0.4, 0.5) is 0 Å². The monoisotopic (exact) mass is 161 g/mol. The minimum atomic E-state index is -0.297. The number of methoxy groups -OCH3 is 1. The molecule has 0 aliphatic rings. The lowest BCUT2D eigenvalue weighted by molar-refractivity contribution is -0.145. The molecule has 0 aliphatic heterocycles. The first-order valence-corrected chi connectivity index (χ1v) is 3.54. The fraction of sp³-hybridized carbons (Fsp3) is 0.857. The topological polar surface area (TPSA) is 61.5 Å². The van der Waals surface area contributed by atoms with Crippen LogP contribution in [0.25, 0.3) is 0 Å². The van der Waals surface area contributed by atoms with E-state index >= 15 is 0 Å². The van der Waals surface area contributed by atoms with Crippen molar-refractivity contribution in [3.8, 4) is 0 Å². The highest BCUT2D eigenvalue weighted by Gasteiger charge is 2.17. The van der Waals surface area contributed by atoms with E-state index < -0.39 is 0 Å². The van der Waals surface area contributed by atoms with Crippen LogP contribution in [0.1, 0.15) is 20.3 Å². The van der Waals surface area contributed by atoms with Gasteiger partial charge in [0.15, 0.2) is 0 Å². The van der Waals surface area contributed by atoms with Crippen LogP contribution >= 0.6 is 0 Å². The lowest BCUT2D eigenvalue weighted by Crippen LogP contribution is -2.26. The third-order valence-corrected chi connectivity index (χ3v) is 1.51. The highest BCUT2D eigenvalue weighted by Crippen LogP contribution is 2.08. The third-order valence-electron chi connectivity index (χ3n) is 1.51. The zero-order chi connectivity index (χ0) is 8.85. The van der Waals surface area contributed by atoms with Crippen molar-refractivity contribution < 1.29 is 14.4 Å². The van der Waals surface area contributed by atoms with Crippen molar-refractivity contribution in [1.29, 1.82) is 0 Å². The van der Waals surface area contributed by atoms with Gasteiger partial charge in [0.1, 0.15) is 0 Å². The van der Waals surface area contributed by atoms with E-state index in [-0.39, 0.29) is 24.4 Å². The minimum Gasteiger partial charge on any atom is -0.469 e. The van der Waals surface area contributed by atoms with Gasteiger partial charge in [-0.2, -0.15) is 0 Å². The van der Waals surface area contributed by atoms with Crippen LogP contribution in [-0.4, -0.2) is 19.2 Å². The Balaban J connectivity index is 3.78. The van der Waals surface area contributed by atoms with E-state index in [0.29, 0.717) is 0 Å². The number of rotatable bonds is 4. The normalized spacial score (nSPS) is 13.2. The van der Waals surface area contributed by atoms with Gasteiger partial charge in [0.25, 0.3) is 0 Å². The van der Waals surface area contributed by atoms with Crippen LogP contribution in [0.3, 0.4) is 0 Å². The van der Waals surface area contributed by atoms with Gasteiger partial charge >= 0.3 is 5.97 Å². The molecule has 0 aliphatic carbocycles. The quantitative estimate of drug-likeness (QED) is 0.480. The van der Waals surface area contributed by atoms with Crippen molar-refractivity contribution in [2.24, 2.45) is 11.8 Å². The van der Waals surface area contributed by atoms with E-state index in [1.807, 2.05) is 13.8 Å². The highest BCUT2D eigenvalue weighted by atomic mass is 16.6. The molecule has 0 aromatic rings. The van der Waals surface area contributed by atoms with E-state index in [2.05, 4.69) is 9.57 Å². The summed E-state index contributed by atoms with van der Waals surface area (Å²) in [5.74, 6) is 4.89. The standard InChI is InChI=1S/C7H15NO3/c1-5(2)6(11-8)4-7(9)10-3/h5-6H,4,8H2,1-3H3. The molecule has 1 atom stereocenters. The molecule has 0 spiro atoms. The van der Waals surface area contributed by atoms with Crippen LogP contribution in [-0.2, 0) is 14.4 Å². The van der Waals surface area contributed by atoms with Gasteiger partial charge in [-0.05, 0) is 5.92 Å². The summed E-state index contributed by atoms with van der Waals surface area (Å²) >= 11 is 0. The van der Waals surface area contributed by atoms with Crippen LogP contribution in [0.2, 0.25) is 0 Å². The lowest BCUT2D eigenvalue weighted by atomic mass is 10.0. The molecule has 0 saturated heterocycles. The second kappa shape index (κ2) is 5.09. The zero-order valence-corrected chi connectivity index (χ0v) is 7.16. The Kier molecular flexibility index (Phi) is 4.81. The maximum atomic E-state index is 10.7. The van der Waals surface area contributed by atoms with Gasteiger partial charge in [-0.3, -0.25) is 4.79 Å². The van der Waals surface area contributed by atoms with Gasteiger partial charge in [-0.25, -0.2) is 5.90 Å². The van der Waals surface area contributed by atoms with E-state index in [4.69, 9.17) is 5.90 Å². The Labute approximate surface area is 66.6 Å². The van der Waals surface area contributed by atoms with Gasteiger partial charge in [-0.1, -0.05) is 13.8 Å². The number of hydrogen-bond acceptors (Lipinski definition) is 4.